The molecule has 0 spiro atoms. The fourth-order valence-corrected chi connectivity index (χ4v) is 2.68. The summed E-state index contributed by atoms with van der Waals surface area (Å²) in [5, 5.41) is 10.8. The maximum atomic E-state index is 4.65. The fourth-order valence-electron chi connectivity index (χ4n) is 2.19. The predicted octanol–water partition coefficient (Wildman–Crippen LogP) is 2.47. The third-order valence-electron chi connectivity index (χ3n) is 3.45. The highest BCUT2D eigenvalue weighted by molar-refractivity contribution is 7.98. The second kappa shape index (κ2) is 10.7. The van der Waals surface area contributed by atoms with Crippen molar-refractivity contribution in [3.63, 3.8) is 0 Å². The predicted molar refractivity (Wildman–Crippen MR) is 102 cm³/mol. The second-order valence-corrected chi connectivity index (χ2v) is 6.31. The molecule has 0 bridgehead atoms. The number of aromatic nitrogens is 3. The van der Waals surface area contributed by atoms with E-state index in [2.05, 4.69) is 51.0 Å². The number of nitrogens with one attached hydrogen (secondary N) is 2. The Bertz CT molecular complexity index is 594. The summed E-state index contributed by atoms with van der Waals surface area (Å²) >= 11 is 1.89. The Balaban J connectivity index is 1.85. The molecular formula is C17H26N6S. The number of unbranched alkanes of at least 4 members (excludes halogenated alkanes) is 1. The Labute approximate surface area is 148 Å². The van der Waals surface area contributed by atoms with E-state index in [4.69, 9.17) is 0 Å². The van der Waals surface area contributed by atoms with Crippen molar-refractivity contribution in [2.24, 2.45) is 4.99 Å². The van der Waals surface area contributed by atoms with Crippen molar-refractivity contribution in [2.45, 2.75) is 26.3 Å². The molecule has 1 aromatic carbocycles. The zero-order valence-corrected chi connectivity index (χ0v) is 15.2. The van der Waals surface area contributed by atoms with E-state index in [0.717, 1.165) is 31.2 Å². The Morgan fingerprint density at radius 2 is 2.04 bits per heavy atom. The van der Waals surface area contributed by atoms with Crippen molar-refractivity contribution >= 4 is 17.7 Å². The molecule has 24 heavy (non-hydrogen) atoms. The van der Waals surface area contributed by atoms with E-state index in [1.807, 2.05) is 23.9 Å². The molecule has 0 atom stereocenters. The van der Waals surface area contributed by atoms with Crippen LogP contribution in [0.15, 0.2) is 41.9 Å². The molecule has 130 valence electrons. The molecule has 0 amide bonds. The molecule has 7 heteroatoms. The van der Waals surface area contributed by atoms with Gasteiger partial charge in [0.05, 0.1) is 12.2 Å². The van der Waals surface area contributed by atoms with Crippen LogP contribution in [0.1, 0.15) is 25.3 Å². The van der Waals surface area contributed by atoms with Crippen molar-refractivity contribution in [1.82, 2.24) is 25.4 Å². The molecule has 0 fully saturated rings. The minimum absolute atomic E-state index is 0.651. The third-order valence-corrected chi connectivity index (χ3v) is 4.15. The number of nitrogens with zero attached hydrogens (tertiary/aromatic N) is 4. The van der Waals surface area contributed by atoms with Crippen LogP contribution in [0.3, 0.4) is 0 Å². The van der Waals surface area contributed by atoms with Crippen molar-refractivity contribution in [1.29, 1.82) is 0 Å². The highest BCUT2D eigenvalue weighted by Crippen LogP contribution is 2.08. The van der Waals surface area contributed by atoms with Gasteiger partial charge in [0, 0.05) is 13.1 Å². The summed E-state index contributed by atoms with van der Waals surface area (Å²) in [6.07, 6.45) is 7.77. The molecule has 0 saturated heterocycles. The highest BCUT2D eigenvalue weighted by atomic mass is 32.2. The molecule has 1 heterocycles. The van der Waals surface area contributed by atoms with Gasteiger partial charge in [-0.3, -0.25) is 0 Å². The van der Waals surface area contributed by atoms with E-state index >= 15 is 0 Å². The minimum Gasteiger partial charge on any atom is -0.357 e. The lowest BCUT2D eigenvalue weighted by molar-refractivity contribution is 0.734. The quantitative estimate of drug-likeness (QED) is 0.415. The van der Waals surface area contributed by atoms with Crippen LogP contribution in [0.5, 0.6) is 0 Å². The second-order valence-electron chi connectivity index (χ2n) is 5.33. The van der Waals surface area contributed by atoms with E-state index in [1.54, 1.807) is 11.0 Å². The van der Waals surface area contributed by atoms with Crippen LogP contribution in [0.2, 0.25) is 0 Å². The molecule has 0 aliphatic heterocycles. The smallest absolute Gasteiger partial charge is 0.191 e. The third kappa shape index (κ3) is 6.23. The molecule has 0 radical (unpaired) electrons. The standard InChI is InChI=1S/C17H26N6S/c1-3-19-17(20-10-4-5-11-24-2)21-12-15-6-8-16(9-7-15)23-14-18-13-22-23/h6-9,13-14H,3-5,10-12H2,1-2H3,(H2,19,20,21). The maximum absolute atomic E-state index is 4.65. The topological polar surface area (TPSA) is 67.1 Å². The Kier molecular flexibility index (Phi) is 8.17. The molecule has 2 N–H and O–H groups in total. The van der Waals surface area contributed by atoms with Crippen LogP contribution in [0.25, 0.3) is 5.69 Å². The molecule has 0 saturated carbocycles. The summed E-state index contributed by atoms with van der Waals surface area (Å²) in [5.41, 5.74) is 2.16. The Morgan fingerprint density at radius 1 is 1.21 bits per heavy atom. The lowest BCUT2D eigenvalue weighted by Gasteiger charge is -2.11. The van der Waals surface area contributed by atoms with Gasteiger partial charge in [-0.1, -0.05) is 12.1 Å². The molecule has 0 aliphatic rings. The van der Waals surface area contributed by atoms with Crippen molar-refractivity contribution in [3.05, 3.63) is 42.5 Å². The Morgan fingerprint density at radius 3 is 2.71 bits per heavy atom. The Hall–Kier alpha value is -2.02. The normalized spacial score (nSPS) is 11.5. The SMILES string of the molecule is CCNC(=NCc1ccc(-n2cncn2)cc1)NCCCCSC. The number of rotatable bonds is 9. The van der Waals surface area contributed by atoms with Crippen LogP contribution in [-0.4, -0.2) is 45.8 Å². The van der Waals surface area contributed by atoms with Gasteiger partial charge >= 0.3 is 0 Å². The first-order valence-corrected chi connectivity index (χ1v) is 9.68. The largest absolute Gasteiger partial charge is 0.357 e. The van der Waals surface area contributed by atoms with Gasteiger partial charge in [-0.2, -0.15) is 16.9 Å². The van der Waals surface area contributed by atoms with Gasteiger partial charge in [-0.25, -0.2) is 14.7 Å². The first-order chi connectivity index (χ1) is 11.8. The van der Waals surface area contributed by atoms with Crippen LogP contribution in [-0.2, 0) is 6.54 Å². The lowest BCUT2D eigenvalue weighted by Crippen LogP contribution is -2.37. The first-order valence-electron chi connectivity index (χ1n) is 8.28. The van der Waals surface area contributed by atoms with E-state index in [9.17, 15) is 0 Å². The summed E-state index contributed by atoms with van der Waals surface area (Å²) in [7, 11) is 0. The summed E-state index contributed by atoms with van der Waals surface area (Å²) < 4.78 is 1.74. The fraction of sp³-hybridized carbons (Fsp3) is 0.471. The average Bonchev–Trinajstić information content (AvgIpc) is 3.14. The molecule has 1 aromatic heterocycles. The van der Waals surface area contributed by atoms with Gasteiger partial charge in [-0.15, -0.1) is 0 Å². The summed E-state index contributed by atoms with van der Waals surface area (Å²) in [6.45, 7) is 4.55. The van der Waals surface area contributed by atoms with E-state index in [1.165, 1.54) is 24.1 Å². The van der Waals surface area contributed by atoms with Crippen LogP contribution in [0, 0.1) is 0 Å². The van der Waals surface area contributed by atoms with E-state index in [-0.39, 0.29) is 0 Å². The number of hydrogen-bond donors (Lipinski definition) is 2. The van der Waals surface area contributed by atoms with E-state index in [0.29, 0.717) is 6.54 Å². The van der Waals surface area contributed by atoms with Crippen LogP contribution >= 0.6 is 11.8 Å². The molecule has 6 nitrogen and oxygen atoms in total. The van der Waals surface area contributed by atoms with Gasteiger partial charge in [-0.05, 0) is 49.5 Å². The number of benzene rings is 1. The van der Waals surface area contributed by atoms with Crippen LogP contribution in [0.4, 0.5) is 0 Å². The molecular weight excluding hydrogens is 320 g/mol. The number of aliphatic imine (C=N–C) groups is 1. The average molecular weight is 347 g/mol. The zero-order valence-electron chi connectivity index (χ0n) is 14.4. The number of guanidine groups is 1. The summed E-state index contributed by atoms with van der Waals surface area (Å²) in [5.74, 6) is 2.09. The van der Waals surface area contributed by atoms with Gasteiger partial charge in [0.1, 0.15) is 12.7 Å². The maximum Gasteiger partial charge on any atom is 0.191 e. The highest BCUT2D eigenvalue weighted by Gasteiger charge is 1.99. The monoisotopic (exact) mass is 346 g/mol. The first kappa shape index (κ1) is 18.3. The molecule has 2 rings (SSSR count). The van der Waals surface area contributed by atoms with E-state index < -0.39 is 0 Å². The van der Waals surface area contributed by atoms with Gasteiger partial charge < -0.3 is 10.6 Å². The van der Waals surface area contributed by atoms with Gasteiger partial charge in [0.2, 0.25) is 0 Å². The van der Waals surface area contributed by atoms with Gasteiger partial charge in [0.25, 0.3) is 0 Å². The molecule has 2 aromatic rings. The summed E-state index contributed by atoms with van der Waals surface area (Å²) in [6, 6.07) is 8.20. The van der Waals surface area contributed by atoms with Gasteiger partial charge in [0.15, 0.2) is 5.96 Å². The van der Waals surface area contributed by atoms with Crippen LogP contribution < -0.4 is 10.6 Å². The van der Waals surface area contributed by atoms with Crippen molar-refractivity contribution < 1.29 is 0 Å². The summed E-state index contributed by atoms with van der Waals surface area (Å²) in [4.78, 5) is 8.61. The lowest BCUT2D eigenvalue weighted by atomic mass is 10.2. The zero-order chi connectivity index (χ0) is 17.0. The number of thioether (sulfide) groups is 1. The van der Waals surface area contributed by atoms with Crippen molar-refractivity contribution in [3.8, 4) is 5.69 Å². The minimum atomic E-state index is 0.651. The molecule has 0 unspecified atom stereocenters. The molecule has 0 aliphatic carbocycles. The number of hydrogen-bond acceptors (Lipinski definition) is 4. The van der Waals surface area contributed by atoms with Crippen molar-refractivity contribution in [2.75, 3.05) is 25.1 Å².